The lowest BCUT2D eigenvalue weighted by molar-refractivity contribution is -0.206. The molecule has 0 radical (unpaired) electrons. The fraction of sp³-hybridized carbons (Fsp3) is 0.188. The Balaban J connectivity index is 0.000000260. The molecule has 2 nitrogen and oxygen atoms in total. The lowest BCUT2D eigenvalue weighted by atomic mass is 10.1. The molecule has 0 aliphatic rings. The van der Waals surface area contributed by atoms with E-state index in [1.165, 1.54) is 36.4 Å². The predicted octanol–water partition coefficient (Wildman–Crippen LogP) is 6.24. The highest BCUT2D eigenvalue weighted by molar-refractivity contribution is 9.10. The number of halogens is 8. The molecule has 0 heterocycles. The maximum Gasteiger partial charge on any atom is 0.454 e. The van der Waals surface area contributed by atoms with Crippen LogP contribution in [0.5, 0.6) is 0 Å². The fourth-order valence-corrected chi connectivity index (χ4v) is 2.13. The number of carbonyl (C=O) groups is 1. The van der Waals surface area contributed by atoms with Crippen molar-refractivity contribution < 1.29 is 36.2 Å². The van der Waals surface area contributed by atoms with Crippen LogP contribution in [0.25, 0.3) is 0 Å². The number of benzene rings is 2. The van der Waals surface area contributed by atoms with Gasteiger partial charge in [0.25, 0.3) is 5.78 Å². The molecule has 0 saturated carbocycles. The van der Waals surface area contributed by atoms with Gasteiger partial charge in [0.2, 0.25) is 0 Å². The second-order valence-corrected chi connectivity index (χ2v) is 6.66. The van der Waals surface area contributed by atoms with Gasteiger partial charge < -0.3 is 5.11 Å². The molecule has 2 aromatic carbocycles. The highest BCUT2D eigenvalue weighted by Gasteiger charge is 2.39. The molecule has 0 unspecified atom stereocenters. The summed E-state index contributed by atoms with van der Waals surface area (Å²) in [5.41, 5.74) is -0.508. The van der Waals surface area contributed by atoms with Crippen molar-refractivity contribution in [2.75, 3.05) is 0 Å². The lowest BCUT2D eigenvalue weighted by Gasteiger charge is -2.14. The van der Waals surface area contributed by atoms with Crippen molar-refractivity contribution >= 4 is 37.6 Å². The molecule has 1 atom stereocenters. The smallest absolute Gasteiger partial charge is 0.379 e. The van der Waals surface area contributed by atoms with Crippen LogP contribution in [0, 0.1) is 0 Å². The number of hydrogen-bond acceptors (Lipinski definition) is 2. The summed E-state index contributed by atoms with van der Waals surface area (Å²) < 4.78 is 72.8. The zero-order valence-corrected chi connectivity index (χ0v) is 15.7. The monoisotopic (exact) mass is 506 g/mol. The Morgan fingerprint density at radius 3 is 1.54 bits per heavy atom. The Hall–Kier alpha value is -1.39. The number of aliphatic hydroxyl groups excluding tert-OH is 1. The van der Waals surface area contributed by atoms with E-state index in [1.54, 1.807) is 0 Å². The van der Waals surface area contributed by atoms with Crippen molar-refractivity contribution in [1.82, 2.24) is 0 Å². The van der Waals surface area contributed by atoms with Gasteiger partial charge in [-0.1, -0.05) is 44.0 Å². The minimum absolute atomic E-state index is 0.157. The minimum atomic E-state index is -4.80. The number of ketones is 1. The van der Waals surface area contributed by atoms with Crippen LogP contribution in [0.4, 0.5) is 26.3 Å². The zero-order chi connectivity index (χ0) is 20.1. The average Bonchev–Trinajstić information content (AvgIpc) is 2.54. The van der Waals surface area contributed by atoms with Gasteiger partial charge in [0, 0.05) is 14.5 Å². The van der Waals surface area contributed by atoms with Gasteiger partial charge >= 0.3 is 12.4 Å². The van der Waals surface area contributed by atoms with E-state index < -0.39 is 24.2 Å². The minimum Gasteiger partial charge on any atom is -0.379 e. The fourth-order valence-electron chi connectivity index (χ4n) is 1.60. The quantitative estimate of drug-likeness (QED) is 0.386. The molecule has 10 heteroatoms. The Bertz CT molecular complexity index is 724. The van der Waals surface area contributed by atoms with Crippen LogP contribution in [0.15, 0.2) is 57.5 Å². The molecule has 0 amide bonds. The van der Waals surface area contributed by atoms with Gasteiger partial charge in [-0.2, -0.15) is 26.3 Å². The molecule has 2 rings (SSSR count). The van der Waals surface area contributed by atoms with E-state index in [-0.39, 0.29) is 11.1 Å². The maximum atomic E-state index is 12.0. The first-order valence-electron chi connectivity index (χ1n) is 6.69. The van der Waals surface area contributed by atoms with Crippen LogP contribution in [-0.2, 0) is 0 Å². The summed E-state index contributed by atoms with van der Waals surface area (Å²) in [7, 11) is 0. The Morgan fingerprint density at radius 2 is 1.19 bits per heavy atom. The maximum absolute atomic E-state index is 12.0. The second-order valence-electron chi connectivity index (χ2n) is 4.83. The van der Waals surface area contributed by atoms with Crippen molar-refractivity contribution in [2.45, 2.75) is 18.5 Å². The molecule has 0 fully saturated rings. The molecule has 26 heavy (non-hydrogen) atoms. The van der Waals surface area contributed by atoms with Gasteiger partial charge in [0.1, 0.15) is 0 Å². The summed E-state index contributed by atoms with van der Waals surface area (Å²) in [4.78, 5) is 10.6. The standard InChI is InChI=1S/C8H6BrF3O.C8H4BrF3O/c2*9-6-3-1-5(2-4-6)7(13)8(10,11)12/h1-4,7,13H;1-4H/t7-;/m1./s1. The summed E-state index contributed by atoms with van der Waals surface area (Å²) in [6.45, 7) is 0. The van der Waals surface area contributed by atoms with Crippen LogP contribution in [-0.4, -0.2) is 23.2 Å². The normalized spacial score (nSPS) is 12.8. The molecule has 142 valence electrons. The van der Waals surface area contributed by atoms with Crippen molar-refractivity contribution in [3.8, 4) is 0 Å². The van der Waals surface area contributed by atoms with Crippen molar-refractivity contribution in [2.24, 2.45) is 0 Å². The van der Waals surface area contributed by atoms with Crippen LogP contribution < -0.4 is 0 Å². The molecular weight excluding hydrogens is 498 g/mol. The van der Waals surface area contributed by atoms with Crippen LogP contribution in [0.3, 0.4) is 0 Å². The zero-order valence-electron chi connectivity index (χ0n) is 12.6. The van der Waals surface area contributed by atoms with E-state index in [2.05, 4.69) is 31.9 Å². The first-order chi connectivity index (χ1) is 11.8. The van der Waals surface area contributed by atoms with E-state index in [0.717, 1.165) is 12.1 Å². The third-order valence-electron chi connectivity index (χ3n) is 2.86. The molecule has 1 N–H and O–H groups in total. The molecule has 0 aromatic heterocycles. The summed E-state index contributed by atoms with van der Waals surface area (Å²) in [5.74, 6) is -1.82. The molecule has 2 aromatic rings. The third-order valence-corrected chi connectivity index (χ3v) is 3.92. The predicted molar refractivity (Wildman–Crippen MR) is 89.7 cm³/mol. The number of hydrogen-bond donors (Lipinski definition) is 1. The molecule has 0 aliphatic heterocycles. The van der Waals surface area contributed by atoms with Crippen LogP contribution in [0.1, 0.15) is 22.0 Å². The number of alkyl halides is 6. The summed E-state index contributed by atoms with van der Waals surface area (Å²) >= 11 is 6.13. The second kappa shape index (κ2) is 9.01. The van der Waals surface area contributed by atoms with E-state index in [0.29, 0.717) is 8.95 Å². The average molecular weight is 508 g/mol. The third kappa shape index (κ3) is 7.08. The van der Waals surface area contributed by atoms with Crippen LogP contribution >= 0.6 is 31.9 Å². The van der Waals surface area contributed by atoms with Gasteiger partial charge in [-0.25, -0.2) is 0 Å². The molecule has 0 bridgehead atoms. The highest BCUT2D eigenvalue weighted by Crippen LogP contribution is 2.32. The number of aliphatic hydroxyl groups is 1. The van der Waals surface area contributed by atoms with Gasteiger partial charge in [-0.3, -0.25) is 4.79 Å². The van der Waals surface area contributed by atoms with Crippen molar-refractivity contribution in [1.29, 1.82) is 0 Å². The number of Topliss-reactive ketones (excluding diaryl/α,β-unsaturated/α-hetero) is 1. The lowest BCUT2D eigenvalue weighted by Crippen LogP contribution is -2.22. The van der Waals surface area contributed by atoms with Crippen molar-refractivity contribution in [3.05, 3.63) is 68.6 Å². The van der Waals surface area contributed by atoms with E-state index in [1.807, 2.05) is 0 Å². The summed E-state index contributed by atoms with van der Waals surface area (Å²) in [6, 6.07) is 10.4. The SMILES string of the molecule is O=C(c1ccc(Br)cc1)C(F)(F)F.O[C@H](c1ccc(Br)cc1)C(F)(F)F. The number of carbonyl (C=O) groups excluding carboxylic acids is 1. The summed E-state index contributed by atoms with van der Waals surface area (Å²) in [6.07, 6.45) is -11.8. The summed E-state index contributed by atoms with van der Waals surface area (Å²) in [5, 5.41) is 8.81. The van der Waals surface area contributed by atoms with Crippen molar-refractivity contribution in [3.63, 3.8) is 0 Å². The molecule has 0 spiro atoms. The van der Waals surface area contributed by atoms with E-state index in [9.17, 15) is 31.1 Å². The topological polar surface area (TPSA) is 37.3 Å². The largest absolute Gasteiger partial charge is 0.454 e. The molecular formula is C16H10Br2F6O2. The van der Waals surface area contributed by atoms with Crippen LogP contribution in [0.2, 0.25) is 0 Å². The molecule has 0 saturated heterocycles. The van der Waals surface area contributed by atoms with Gasteiger partial charge in [0.15, 0.2) is 6.10 Å². The molecule has 0 aliphatic carbocycles. The van der Waals surface area contributed by atoms with E-state index >= 15 is 0 Å². The van der Waals surface area contributed by atoms with Gasteiger partial charge in [0.05, 0.1) is 0 Å². The number of rotatable bonds is 2. The Kier molecular flexibility index (Phi) is 7.85. The van der Waals surface area contributed by atoms with Gasteiger partial charge in [-0.15, -0.1) is 0 Å². The first-order valence-corrected chi connectivity index (χ1v) is 8.28. The Labute approximate surface area is 161 Å². The first kappa shape index (κ1) is 22.7. The van der Waals surface area contributed by atoms with Gasteiger partial charge in [-0.05, 0) is 42.0 Å². The highest BCUT2D eigenvalue weighted by atomic mass is 79.9. The van der Waals surface area contributed by atoms with E-state index in [4.69, 9.17) is 5.11 Å². The Morgan fingerprint density at radius 1 is 0.808 bits per heavy atom.